The molecule has 3 aromatic rings. The van der Waals surface area contributed by atoms with Gasteiger partial charge in [0.2, 0.25) is 0 Å². The van der Waals surface area contributed by atoms with Crippen molar-refractivity contribution in [1.82, 2.24) is 4.98 Å². The Kier molecular flexibility index (Phi) is 2.61. The van der Waals surface area contributed by atoms with Crippen LogP contribution in [0.1, 0.15) is 11.1 Å². The number of halogens is 3. The Bertz CT molecular complexity index is 878. The fourth-order valence-corrected chi connectivity index (χ4v) is 2.33. The molecule has 0 radical (unpaired) electrons. The normalized spacial score (nSPS) is 12.2. The number of benzene rings is 2. The smallest absolute Gasteiger partial charge is 0.321 e. The van der Waals surface area contributed by atoms with Crippen LogP contribution < -0.4 is 5.56 Å². The zero-order valence-electron chi connectivity index (χ0n) is 10.5. The standard InChI is InChI=1S/C15H10F3NO/c1-8-2-4-11-10-5-3-9(15(16,17)18)7-12(10)14(20)19-13(11)6-8/h2-7H,1H3,(H,19,20). The average Bonchev–Trinajstić information content (AvgIpc) is 2.37. The maximum absolute atomic E-state index is 12.7. The number of aromatic nitrogens is 1. The Morgan fingerprint density at radius 2 is 1.65 bits per heavy atom. The highest BCUT2D eigenvalue weighted by molar-refractivity contribution is 6.05. The van der Waals surface area contributed by atoms with Crippen molar-refractivity contribution >= 4 is 21.7 Å². The summed E-state index contributed by atoms with van der Waals surface area (Å²) in [5.41, 5.74) is 0.271. The van der Waals surface area contributed by atoms with Gasteiger partial charge in [-0.3, -0.25) is 4.79 Å². The van der Waals surface area contributed by atoms with E-state index < -0.39 is 17.3 Å². The molecule has 0 unspecified atom stereocenters. The highest BCUT2D eigenvalue weighted by Crippen LogP contribution is 2.32. The third-order valence-corrected chi connectivity index (χ3v) is 3.30. The Labute approximate surface area is 111 Å². The summed E-state index contributed by atoms with van der Waals surface area (Å²) >= 11 is 0. The van der Waals surface area contributed by atoms with Crippen molar-refractivity contribution in [1.29, 1.82) is 0 Å². The fraction of sp³-hybridized carbons (Fsp3) is 0.133. The van der Waals surface area contributed by atoms with Crippen LogP contribution >= 0.6 is 0 Å². The molecule has 102 valence electrons. The maximum atomic E-state index is 12.7. The molecular formula is C15H10F3NO. The Morgan fingerprint density at radius 3 is 2.35 bits per heavy atom. The lowest BCUT2D eigenvalue weighted by molar-refractivity contribution is -0.137. The van der Waals surface area contributed by atoms with E-state index in [2.05, 4.69) is 4.98 Å². The minimum atomic E-state index is -4.46. The minimum absolute atomic E-state index is 0.0520. The number of H-pyrrole nitrogens is 1. The third-order valence-electron chi connectivity index (χ3n) is 3.30. The van der Waals surface area contributed by atoms with Crippen molar-refractivity contribution in [2.24, 2.45) is 0 Å². The lowest BCUT2D eigenvalue weighted by atomic mass is 10.0. The van der Waals surface area contributed by atoms with E-state index in [9.17, 15) is 18.0 Å². The first-order chi connectivity index (χ1) is 9.36. The molecular weight excluding hydrogens is 267 g/mol. The molecule has 1 heterocycles. The second-order valence-corrected chi connectivity index (χ2v) is 4.76. The molecule has 0 saturated carbocycles. The maximum Gasteiger partial charge on any atom is 0.416 e. The number of aryl methyl sites for hydroxylation is 1. The molecule has 0 amide bonds. The van der Waals surface area contributed by atoms with Crippen molar-refractivity contribution in [3.8, 4) is 0 Å². The predicted molar refractivity (Wildman–Crippen MR) is 71.8 cm³/mol. The van der Waals surface area contributed by atoms with Crippen LogP contribution in [0.4, 0.5) is 13.2 Å². The highest BCUT2D eigenvalue weighted by atomic mass is 19.4. The van der Waals surface area contributed by atoms with Crippen LogP contribution in [0.2, 0.25) is 0 Å². The average molecular weight is 277 g/mol. The van der Waals surface area contributed by atoms with Crippen molar-refractivity contribution in [2.45, 2.75) is 13.1 Å². The molecule has 3 rings (SSSR count). The molecule has 0 saturated heterocycles. The minimum Gasteiger partial charge on any atom is -0.321 e. The van der Waals surface area contributed by atoms with Crippen LogP contribution in [-0.4, -0.2) is 4.98 Å². The van der Waals surface area contributed by atoms with Crippen LogP contribution in [0.25, 0.3) is 21.7 Å². The first-order valence-electron chi connectivity index (χ1n) is 6.00. The molecule has 1 aromatic heterocycles. The monoisotopic (exact) mass is 277 g/mol. The number of pyridine rings is 1. The summed E-state index contributed by atoms with van der Waals surface area (Å²) in [4.78, 5) is 14.6. The molecule has 0 aliphatic rings. The SMILES string of the molecule is Cc1ccc2c(c1)[nH]c(=O)c1cc(C(F)(F)F)ccc12. The van der Waals surface area contributed by atoms with Gasteiger partial charge in [-0.2, -0.15) is 13.2 Å². The van der Waals surface area contributed by atoms with Gasteiger partial charge in [0.15, 0.2) is 0 Å². The van der Waals surface area contributed by atoms with Crippen LogP contribution in [0, 0.1) is 6.92 Å². The quantitative estimate of drug-likeness (QED) is 0.619. The first-order valence-corrected chi connectivity index (χ1v) is 6.00. The van der Waals surface area contributed by atoms with E-state index in [0.717, 1.165) is 23.1 Å². The molecule has 0 spiro atoms. The van der Waals surface area contributed by atoms with Gasteiger partial charge in [-0.25, -0.2) is 0 Å². The van der Waals surface area contributed by atoms with Crippen LogP contribution in [-0.2, 0) is 6.18 Å². The van der Waals surface area contributed by atoms with Gasteiger partial charge in [-0.15, -0.1) is 0 Å². The number of rotatable bonds is 0. The zero-order valence-corrected chi connectivity index (χ0v) is 10.5. The lowest BCUT2D eigenvalue weighted by Crippen LogP contribution is -2.10. The Balaban J connectivity index is 2.44. The van der Waals surface area contributed by atoms with Crippen LogP contribution in [0.5, 0.6) is 0 Å². The number of fused-ring (bicyclic) bond motifs is 3. The van der Waals surface area contributed by atoms with Crippen molar-refractivity contribution < 1.29 is 13.2 Å². The fourth-order valence-electron chi connectivity index (χ4n) is 2.33. The largest absolute Gasteiger partial charge is 0.416 e. The third kappa shape index (κ3) is 1.95. The van der Waals surface area contributed by atoms with Gasteiger partial charge in [-0.1, -0.05) is 18.2 Å². The second-order valence-electron chi connectivity index (χ2n) is 4.76. The molecule has 0 atom stereocenters. The highest BCUT2D eigenvalue weighted by Gasteiger charge is 2.30. The van der Waals surface area contributed by atoms with Gasteiger partial charge in [-0.05, 0) is 36.1 Å². The summed E-state index contributed by atoms with van der Waals surface area (Å²) in [5.74, 6) is 0. The molecule has 0 fully saturated rings. The van der Waals surface area contributed by atoms with Crippen molar-refractivity contribution in [2.75, 3.05) is 0 Å². The summed E-state index contributed by atoms with van der Waals surface area (Å²) in [6, 6.07) is 8.71. The summed E-state index contributed by atoms with van der Waals surface area (Å²) in [5, 5.41) is 1.31. The number of alkyl halides is 3. The summed E-state index contributed by atoms with van der Waals surface area (Å²) in [6.07, 6.45) is -4.46. The van der Waals surface area contributed by atoms with Crippen molar-refractivity contribution in [3.05, 3.63) is 57.9 Å². The van der Waals surface area contributed by atoms with E-state index in [4.69, 9.17) is 0 Å². The Hall–Kier alpha value is -2.30. The number of hydrogen-bond acceptors (Lipinski definition) is 1. The van der Waals surface area contributed by atoms with Gasteiger partial charge in [0.25, 0.3) is 5.56 Å². The van der Waals surface area contributed by atoms with E-state index in [1.807, 2.05) is 13.0 Å². The van der Waals surface area contributed by atoms with E-state index in [1.54, 1.807) is 12.1 Å². The molecule has 20 heavy (non-hydrogen) atoms. The summed E-state index contributed by atoms with van der Waals surface area (Å²) in [6.45, 7) is 1.88. The molecule has 2 nitrogen and oxygen atoms in total. The molecule has 1 N–H and O–H groups in total. The molecule has 5 heteroatoms. The van der Waals surface area contributed by atoms with Crippen LogP contribution in [0.15, 0.2) is 41.2 Å². The molecule has 2 aromatic carbocycles. The van der Waals surface area contributed by atoms with Gasteiger partial charge >= 0.3 is 6.18 Å². The van der Waals surface area contributed by atoms with Gasteiger partial charge in [0.1, 0.15) is 0 Å². The van der Waals surface area contributed by atoms with Gasteiger partial charge in [0, 0.05) is 16.3 Å². The molecule has 0 bridgehead atoms. The Morgan fingerprint density at radius 1 is 0.950 bits per heavy atom. The van der Waals surface area contributed by atoms with Crippen molar-refractivity contribution in [3.63, 3.8) is 0 Å². The molecule has 0 aliphatic carbocycles. The number of hydrogen-bond donors (Lipinski definition) is 1. The molecule has 0 aliphatic heterocycles. The topological polar surface area (TPSA) is 32.9 Å². The number of nitrogens with one attached hydrogen (secondary N) is 1. The summed E-state index contributed by atoms with van der Waals surface area (Å²) < 4.78 is 38.1. The second kappa shape index (κ2) is 4.10. The number of aromatic amines is 1. The summed E-state index contributed by atoms with van der Waals surface area (Å²) in [7, 11) is 0. The van der Waals surface area contributed by atoms with E-state index >= 15 is 0 Å². The zero-order chi connectivity index (χ0) is 14.5. The van der Waals surface area contributed by atoms with E-state index in [0.29, 0.717) is 10.9 Å². The van der Waals surface area contributed by atoms with Crippen LogP contribution in [0.3, 0.4) is 0 Å². The van der Waals surface area contributed by atoms with E-state index in [1.165, 1.54) is 6.07 Å². The predicted octanol–water partition coefficient (Wildman–Crippen LogP) is 4.01. The van der Waals surface area contributed by atoms with E-state index in [-0.39, 0.29) is 5.39 Å². The van der Waals surface area contributed by atoms with Gasteiger partial charge < -0.3 is 4.98 Å². The van der Waals surface area contributed by atoms with Gasteiger partial charge in [0.05, 0.1) is 5.56 Å². The first kappa shape index (κ1) is 12.7. The lowest BCUT2D eigenvalue weighted by Gasteiger charge is -2.09.